The van der Waals surface area contributed by atoms with Gasteiger partial charge in [-0.3, -0.25) is 19.2 Å². The van der Waals surface area contributed by atoms with E-state index < -0.39 is 113 Å². The molecule has 0 radical (unpaired) electrons. The quantitative estimate of drug-likeness (QED) is 0.0494. The fraction of sp³-hybridized carbons (Fsp3) is 0.519. The van der Waals surface area contributed by atoms with Crippen molar-refractivity contribution in [3.05, 3.63) is 119 Å². The van der Waals surface area contributed by atoms with Crippen molar-refractivity contribution < 1.29 is 67.8 Å². The van der Waals surface area contributed by atoms with Crippen LogP contribution in [0.2, 0.25) is 0 Å². The Hall–Kier alpha value is -5.74. The second-order valence-corrected chi connectivity index (χ2v) is 19.8. The maximum atomic E-state index is 15.5. The van der Waals surface area contributed by atoms with Gasteiger partial charge in [-0.25, -0.2) is 9.59 Å². The Kier molecular flexibility index (Phi) is 15.3. The summed E-state index contributed by atoms with van der Waals surface area (Å²) in [5.41, 5.74) is -7.13. The average Bonchev–Trinajstić information content (AvgIpc) is 3.33. The van der Waals surface area contributed by atoms with Crippen molar-refractivity contribution in [3.63, 3.8) is 0 Å². The number of hydrogen-bond donors (Lipinski definition) is 4. The molecule has 1 unspecified atom stereocenters. The van der Waals surface area contributed by atoms with E-state index >= 15 is 9.59 Å². The summed E-state index contributed by atoms with van der Waals surface area (Å²) in [5, 5.41) is 41.3. The summed E-state index contributed by atoms with van der Waals surface area (Å²) in [7, 11) is 0. The summed E-state index contributed by atoms with van der Waals surface area (Å²) in [4.78, 5) is 85.8. The molecular formula is C54H65NO14. The summed E-state index contributed by atoms with van der Waals surface area (Å²) < 4.78 is 30.5. The lowest BCUT2D eigenvalue weighted by Gasteiger charge is -2.66. The zero-order chi connectivity index (χ0) is 49.9. The first-order valence-corrected chi connectivity index (χ1v) is 24.0. The number of Topliss-reactive ketones (excluding diaryl/α,β-unsaturated/α-hetero) is 1. The van der Waals surface area contributed by atoms with Gasteiger partial charge < -0.3 is 44.3 Å². The zero-order valence-electron chi connectivity index (χ0n) is 40.2. The third-order valence-electron chi connectivity index (χ3n) is 15.1. The number of ketones is 1. The van der Waals surface area contributed by atoms with Crippen molar-refractivity contribution in [2.75, 3.05) is 6.61 Å². The maximum Gasteiger partial charge on any atom is 0.350 e. The first kappa shape index (κ1) is 51.1. The number of esters is 4. The van der Waals surface area contributed by atoms with Gasteiger partial charge in [-0.05, 0) is 61.2 Å². The number of ether oxygens (including phenoxy) is 5. The summed E-state index contributed by atoms with van der Waals surface area (Å²) in [6, 6.07) is 23.3. The van der Waals surface area contributed by atoms with E-state index in [0.29, 0.717) is 12.0 Å². The van der Waals surface area contributed by atoms with Crippen LogP contribution < -0.4 is 5.32 Å². The SMILES string of the molecule is CCCCCCCCC(=O)O[C@@H](C(=O)O[C@H]1C[C@@]2(O)[C@@H](OC(=O)c3ccccc3)C3[C@]4(O)CO[C@@H]4C[C@H](O)[C@@]3(C)C(=O)[C@H](OC(C)=O)C(=C1C)C2(C)C)[C@@H](NC(=O)c1ccccc1)c1ccccc1. The molecule has 2 saturated carbocycles. The van der Waals surface area contributed by atoms with E-state index in [1.54, 1.807) is 99.6 Å². The van der Waals surface area contributed by atoms with Gasteiger partial charge in [0.15, 0.2) is 11.9 Å². The van der Waals surface area contributed by atoms with Gasteiger partial charge >= 0.3 is 23.9 Å². The van der Waals surface area contributed by atoms with Crippen LogP contribution in [0.4, 0.5) is 0 Å². The van der Waals surface area contributed by atoms with Crippen molar-refractivity contribution in [1.82, 2.24) is 5.32 Å². The molecule has 3 aromatic rings. The first-order valence-electron chi connectivity index (χ1n) is 24.0. The summed E-state index contributed by atoms with van der Waals surface area (Å²) in [5.74, 6) is -6.67. The van der Waals surface area contributed by atoms with Crippen LogP contribution in [0.25, 0.3) is 0 Å². The fourth-order valence-electron chi connectivity index (χ4n) is 11.1. The van der Waals surface area contributed by atoms with Gasteiger partial charge in [0, 0.05) is 43.1 Å². The van der Waals surface area contributed by atoms with Crippen LogP contribution >= 0.6 is 0 Å². The fourth-order valence-corrected chi connectivity index (χ4v) is 11.1. The number of fused-ring (bicyclic) bond motifs is 5. The number of aliphatic hydroxyl groups excluding tert-OH is 1. The Morgan fingerprint density at radius 3 is 2.00 bits per heavy atom. The van der Waals surface area contributed by atoms with Crippen LogP contribution in [0.5, 0.6) is 0 Å². The molecule has 0 aromatic heterocycles. The molecule has 11 atom stereocenters. The third-order valence-corrected chi connectivity index (χ3v) is 15.1. The first-order chi connectivity index (χ1) is 32.8. The highest BCUT2D eigenvalue weighted by molar-refractivity contribution is 5.96. The maximum absolute atomic E-state index is 15.5. The molecule has 1 amide bonds. The average molecular weight is 952 g/mol. The molecule has 1 heterocycles. The summed E-state index contributed by atoms with van der Waals surface area (Å²) >= 11 is 0. The largest absolute Gasteiger partial charge is 0.455 e. The minimum atomic E-state index is -2.39. The number of benzene rings is 3. The predicted octanol–water partition coefficient (Wildman–Crippen LogP) is 6.47. The standard InChI is InChI=1S/C54H65NO14/c1-7-8-9-10-11-21-28-40(58)68-44(42(34-22-15-12-16-23-34)55-48(60)35-24-17-13-18-25-35)50(62)67-37-30-54(64)47(69-49(61)36-26-19-14-20-27-36)45-52(6,38(57)29-39-53(45,63)31-65-39)46(59)43(66-33(3)56)41(32(37)2)51(54,4)5/h12-20,22-27,37-39,42-45,47,57,63-64H,7-11,21,28-31H2,1-6H3,(H,55,60)/t37-,38-,39+,42-,43+,44+,45?,47-,52+,53-,54+/m0/s1. The van der Waals surface area contributed by atoms with Crippen molar-refractivity contribution in [2.45, 2.75) is 153 Å². The molecule has 15 nitrogen and oxygen atoms in total. The molecule has 1 saturated heterocycles. The second kappa shape index (κ2) is 20.7. The molecule has 1 aliphatic heterocycles. The van der Waals surface area contributed by atoms with Crippen molar-refractivity contribution >= 4 is 35.6 Å². The van der Waals surface area contributed by atoms with Crippen LogP contribution in [-0.2, 0) is 42.9 Å². The molecule has 3 aromatic carbocycles. The third kappa shape index (κ3) is 9.75. The lowest BCUT2D eigenvalue weighted by Crippen LogP contribution is -2.81. The van der Waals surface area contributed by atoms with Crippen molar-refractivity contribution in [2.24, 2.45) is 16.7 Å². The zero-order valence-corrected chi connectivity index (χ0v) is 40.2. The highest BCUT2D eigenvalue weighted by atomic mass is 16.6. The molecule has 4 aliphatic rings. The van der Waals surface area contributed by atoms with E-state index in [2.05, 4.69) is 12.2 Å². The molecule has 3 fully saturated rings. The lowest BCUT2D eigenvalue weighted by molar-refractivity contribution is -0.343. The minimum absolute atomic E-state index is 0.00876. The van der Waals surface area contributed by atoms with Gasteiger partial charge in [0.2, 0.25) is 6.10 Å². The number of carbonyl (C=O) groups excluding carboxylic acids is 6. The van der Waals surface area contributed by atoms with Gasteiger partial charge in [-0.2, -0.15) is 0 Å². The van der Waals surface area contributed by atoms with E-state index in [-0.39, 0.29) is 41.7 Å². The van der Waals surface area contributed by atoms with Crippen molar-refractivity contribution in [1.29, 1.82) is 0 Å². The Balaban J connectivity index is 1.36. The summed E-state index contributed by atoms with van der Waals surface area (Å²) in [6.45, 7) is 8.97. The molecule has 7 rings (SSSR count). The Morgan fingerprint density at radius 2 is 1.41 bits per heavy atom. The van der Waals surface area contributed by atoms with E-state index in [1.807, 2.05) is 0 Å². The topological polar surface area (TPSA) is 221 Å². The lowest BCUT2D eigenvalue weighted by atomic mass is 9.44. The normalized spacial score (nSPS) is 29.8. The Labute approximate surface area is 402 Å². The highest BCUT2D eigenvalue weighted by Gasteiger charge is 2.77. The van der Waals surface area contributed by atoms with Crippen LogP contribution in [0.3, 0.4) is 0 Å². The summed E-state index contributed by atoms with van der Waals surface area (Å²) in [6.07, 6.45) is -5.08. The van der Waals surface area contributed by atoms with E-state index in [9.17, 15) is 34.5 Å². The van der Waals surface area contributed by atoms with E-state index in [0.717, 1.165) is 39.0 Å². The number of rotatable bonds is 17. The number of nitrogens with one attached hydrogen (secondary N) is 1. The second-order valence-electron chi connectivity index (χ2n) is 19.8. The number of unbranched alkanes of at least 4 members (excludes halogenated alkanes) is 5. The predicted molar refractivity (Wildman–Crippen MR) is 250 cm³/mol. The van der Waals surface area contributed by atoms with Crippen LogP contribution in [-0.4, -0.2) is 105 Å². The van der Waals surface area contributed by atoms with Crippen LogP contribution in [0, 0.1) is 16.7 Å². The smallest absolute Gasteiger partial charge is 0.350 e. The highest BCUT2D eigenvalue weighted by Crippen LogP contribution is 2.63. The van der Waals surface area contributed by atoms with E-state index in [4.69, 9.17) is 23.7 Å². The Morgan fingerprint density at radius 1 is 0.812 bits per heavy atom. The molecule has 370 valence electrons. The minimum Gasteiger partial charge on any atom is -0.455 e. The van der Waals surface area contributed by atoms with Gasteiger partial charge in [0.25, 0.3) is 5.91 Å². The molecule has 4 N–H and O–H groups in total. The monoisotopic (exact) mass is 951 g/mol. The molecule has 15 heteroatoms. The van der Waals surface area contributed by atoms with E-state index in [1.165, 1.54) is 19.1 Å². The van der Waals surface area contributed by atoms with Gasteiger partial charge in [-0.1, -0.05) is 120 Å². The van der Waals surface area contributed by atoms with Crippen molar-refractivity contribution in [3.8, 4) is 0 Å². The molecule has 2 bridgehead atoms. The van der Waals surface area contributed by atoms with Gasteiger partial charge in [-0.15, -0.1) is 0 Å². The molecular weight excluding hydrogens is 887 g/mol. The number of aliphatic hydroxyl groups is 3. The Bertz CT molecular complexity index is 2410. The molecule has 69 heavy (non-hydrogen) atoms. The van der Waals surface area contributed by atoms with Crippen LogP contribution in [0.1, 0.15) is 132 Å². The van der Waals surface area contributed by atoms with Gasteiger partial charge in [0.05, 0.1) is 29.8 Å². The number of carbonyl (C=O) groups is 6. The number of hydrogen-bond acceptors (Lipinski definition) is 14. The van der Waals surface area contributed by atoms with Crippen LogP contribution in [0.15, 0.2) is 102 Å². The molecule has 0 spiro atoms. The molecule has 3 aliphatic carbocycles. The number of amides is 1. The van der Waals surface area contributed by atoms with Gasteiger partial charge in [0.1, 0.15) is 29.5 Å².